The number of nitrogens with one attached hydrogen (secondary N) is 1. The van der Waals surface area contributed by atoms with E-state index in [2.05, 4.69) is 42.0 Å². The van der Waals surface area contributed by atoms with E-state index in [0.29, 0.717) is 0 Å². The number of amides is 1. The Morgan fingerprint density at radius 2 is 1.88 bits per heavy atom. The van der Waals surface area contributed by atoms with E-state index in [1.54, 1.807) is 7.11 Å². The summed E-state index contributed by atoms with van der Waals surface area (Å²) in [6.07, 6.45) is 0.924. The molecule has 1 aromatic rings. The number of para-hydroxylation sites is 2. The molecule has 134 valence electrons. The summed E-state index contributed by atoms with van der Waals surface area (Å²) in [4.78, 5) is 17.1. The van der Waals surface area contributed by atoms with E-state index in [1.165, 1.54) is 0 Å². The fraction of sp³-hybridized carbons (Fsp3) is 0.632. The number of hydrogen-bond donors (Lipinski definition) is 1. The van der Waals surface area contributed by atoms with E-state index in [9.17, 15) is 4.79 Å². The van der Waals surface area contributed by atoms with Crippen molar-refractivity contribution in [2.24, 2.45) is 0 Å². The van der Waals surface area contributed by atoms with Crippen molar-refractivity contribution in [2.45, 2.75) is 45.7 Å². The number of benzene rings is 1. The molecule has 24 heavy (non-hydrogen) atoms. The smallest absolute Gasteiger partial charge is 0.237 e. The second-order valence-electron chi connectivity index (χ2n) is 7.10. The summed E-state index contributed by atoms with van der Waals surface area (Å²) in [6, 6.07) is 8.00. The predicted molar refractivity (Wildman–Crippen MR) is 98.8 cm³/mol. The maximum Gasteiger partial charge on any atom is 0.237 e. The van der Waals surface area contributed by atoms with E-state index in [4.69, 9.17) is 4.74 Å². The Morgan fingerprint density at radius 3 is 2.46 bits per heavy atom. The second-order valence-corrected chi connectivity index (χ2v) is 7.10. The molecule has 1 aliphatic rings. The summed E-state index contributed by atoms with van der Waals surface area (Å²) in [5, 5.41) is 3.15. The monoisotopic (exact) mass is 333 g/mol. The number of ether oxygens (including phenoxy) is 1. The van der Waals surface area contributed by atoms with E-state index in [-0.39, 0.29) is 17.5 Å². The van der Waals surface area contributed by atoms with Crippen LogP contribution < -0.4 is 15.0 Å². The third-order valence-corrected chi connectivity index (χ3v) is 5.01. The van der Waals surface area contributed by atoms with Crippen molar-refractivity contribution in [1.82, 2.24) is 10.2 Å². The Morgan fingerprint density at radius 1 is 1.25 bits per heavy atom. The lowest BCUT2D eigenvalue weighted by Gasteiger charge is -2.39. The van der Waals surface area contributed by atoms with Gasteiger partial charge in [-0.3, -0.25) is 9.69 Å². The van der Waals surface area contributed by atoms with Gasteiger partial charge in [-0.25, -0.2) is 0 Å². The molecule has 1 heterocycles. The molecule has 1 amide bonds. The number of rotatable bonds is 6. The molecule has 1 aliphatic heterocycles. The normalized spacial score (nSPS) is 17.5. The Balaban J connectivity index is 1.93. The minimum absolute atomic E-state index is 0.101. The van der Waals surface area contributed by atoms with Crippen LogP contribution in [0.25, 0.3) is 0 Å². The van der Waals surface area contributed by atoms with Crippen LogP contribution in [-0.4, -0.2) is 55.7 Å². The molecular formula is C19H31N3O2. The third kappa shape index (κ3) is 4.41. The summed E-state index contributed by atoms with van der Waals surface area (Å²) in [5.74, 6) is 1.02. The van der Waals surface area contributed by atoms with E-state index >= 15 is 0 Å². The van der Waals surface area contributed by atoms with Gasteiger partial charge in [-0.05, 0) is 39.3 Å². The molecule has 0 aliphatic carbocycles. The lowest BCUT2D eigenvalue weighted by atomic mass is 10.0. The van der Waals surface area contributed by atoms with Crippen molar-refractivity contribution in [1.29, 1.82) is 0 Å². The highest BCUT2D eigenvalue weighted by atomic mass is 16.5. The molecule has 1 N–H and O–H groups in total. The summed E-state index contributed by atoms with van der Waals surface area (Å²) in [7, 11) is 1.71. The number of hydrogen-bond acceptors (Lipinski definition) is 4. The van der Waals surface area contributed by atoms with E-state index < -0.39 is 0 Å². The van der Waals surface area contributed by atoms with Gasteiger partial charge in [-0.2, -0.15) is 0 Å². The van der Waals surface area contributed by atoms with Crippen LogP contribution in [0.5, 0.6) is 5.75 Å². The summed E-state index contributed by atoms with van der Waals surface area (Å²) in [5.41, 5.74) is 0.980. The molecular weight excluding hydrogens is 302 g/mol. The first kappa shape index (κ1) is 18.6. The number of carbonyl (C=O) groups excluding carboxylic acids is 1. The van der Waals surface area contributed by atoms with Gasteiger partial charge in [0.1, 0.15) is 5.75 Å². The topological polar surface area (TPSA) is 44.8 Å². The van der Waals surface area contributed by atoms with Crippen molar-refractivity contribution in [3.63, 3.8) is 0 Å². The van der Waals surface area contributed by atoms with Gasteiger partial charge in [0.25, 0.3) is 0 Å². The summed E-state index contributed by atoms with van der Waals surface area (Å²) < 4.78 is 5.46. The lowest BCUT2D eigenvalue weighted by Crippen LogP contribution is -2.56. The lowest BCUT2D eigenvalue weighted by molar-refractivity contribution is -0.127. The Hall–Kier alpha value is -1.75. The predicted octanol–water partition coefficient (Wildman–Crippen LogP) is 2.51. The van der Waals surface area contributed by atoms with Gasteiger partial charge in [0, 0.05) is 31.7 Å². The molecule has 0 aromatic heterocycles. The Labute approximate surface area is 146 Å². The summed E-state index contributed by atoms with van der Waals surface area (Å²) in [6.45, 7) is 11.8. The largest absolute Gasteiger partial charge is 0.495 e. The van der Waals surface area contributed by atoms with Crippen molar-refractivity contribution in [3.8, 4) is 5.75 Å². The first-order chi connectivity index (χ1) is 11.4. The van der Waals surface area contributed by atoms with Gasteiger partial charge >= 0.3 is 0 Å². The van der Waals surface area contributed by atoms with Crippen molar-refractivity contribution in [3.05, 3.63) is 24.3 Å². The highest BCUT2D eigenvalue weighted by molar-refractivity contribution is 5.82. The molecule has 1 saturated heterocycles. The molecule has 5 nitrogen and oxygen atoms in total. The van der Waals surface area contributed by atoms with Crippen LogP contribution in [0.3, 0.4) is 0 Å². The molecule has 2 rings (SSSR count). The SMILES string of the molecule is CCC(C)(C)NC(=O)C(C)N1CCN(c2ccccc2OC)CC1. The van der Waals surface area contributed by atoms with Crippen molar-refractivity contribution >= 4 is 11.6 Å². The average Bonchev–Trinajstić information content (AvgIpc) is 2.60. The fourth-order valence-corrected chi connectivity index (χ4v) is 2.93. The molecule has 1 aromatic carbocycles. The maximum absolute atomic E-state index is 12.5. The Bertz CT molecular complexity index is 551. The zero-order chi connectivity index (χ0) is 17.7. The minimum Gasteiger partial charge on any atom is -0.495 e. The Kier molecular flexibility index (Phi) is 6.10. The van der Waals surface area contributed by atoms with Gasteiger partial charge in [-0.15, -0.1) is 0 Å². The molecule has 5 heteroatoms. The molecule has 0 radical (unpaired) electrons. The molecule has 0 bridgehead atoms. The first-order valence-electron chi connectivity index (χ1n) is 8.82. The van der Waals surface area contributed by atoms with Gasteiger partial charge in [0.2, 0.25) is 5.91 Å². The quantitative estimate of drug-likeness (QED) is 0.869. The molecule has 0 spiro atoms. The van der Waals surface area contributed by atoms with Crippen molar-refractivity contribution in [2.75, 3.05) is 38.2 Å². The van der Waals surface area contributed by atoms with Crippen LogP contribution in [-0.2, 0) is 4.79 Å². The second kappa shape index (κ2) is 7.88. The minimum atomic E-state index is -0.148. The molecule has 1 atom stereocenters. The number of piperazine rings is 1. The standard InChI is InChI=1S/C19H31N3O2/c1-6-19(3,4)20-18(23)15(2)21-11-13-22(14-12-21)16-9-7-8-10-17(16)24-5/h7-10,15H,6,11-14H2,1-5H3,(H,20,23). The van der Waals surface area contributed by atoms with Crippen molar-refractivity contribution < 1.29 is 9.53 Å². The maximum atomic E-state index is 12.5. The molecule has 1 unspecified atom stereocenters. The number of anilines is 1. The fourth-order valence-electron chi connectivity index (χ4n) is 2.93. The highest BCUT2D eigenvalue weighted by Gasteiger charge is 2.29. The van der Waals surface area contributed by atoms with E-state index in [0.717, 1.165) is 44.0 Å². The molecule has 0 saturated carbocycles. The average molecular weight is 333 g/mol. The zero-order valence-corrected chi connectivity index (χ0v) is 15.6. The van der Waals surface area contributed by atoms with Crippen LogP contribution in [0.2, 0.25) is 0 Å². The zero-order valence-electron chi connectivity index (χ0n) is 15.6. The number of carbonyl (C=O) groups is 1. The highest BCUT2D eigenvalue weighted by Crippen LogP contribution is 2.28. The van der Waals surface area contributed by atoms with E-state index in [1.807, 2.05) is 25.1 Å². The first-order valence-corrected chi connectivity index (χ1v) is 8.82. The van der Waals surface area contributed by atoms with Gasteiger partial charge in [-0.1, -0.05) is 19.1 Å². The van der Waals surface area contributed by atoms with Crippen LogP contribution >= 0.6 is 0 Å². The number of methoxy groups -OCH3 is 1. The van der Waals surface area contributed by atoms with Gasteiger partial charge in [0.15, 0.2) is 0 Å². The van der Waals surface area contributed by atoms with Crippen LogP contribution in [0.15, 0.2) is 24.3 Å². The van der Waals surface area contributed by atoms with Crippen LogP contribution in [0, 0.1) is 0 Å². The molecule has 1 fully saturated rings. The third-order valence-electron chi connectivity index (χ3n) is 5.01. The number of nitrogens with zero attached hydrogens (tertiary/aromatic N) is 2. The van der Waals surface area contributed by atoms with Gasteiger partial charge < -0.3 is 15.0 Å². The summed E-state index contributed by atoms with van der Waals surface area (Å²) >= 11 is 0. The van der Waals surface area contributed by atoms with Gasteiger partial charge in [0.05, 0.1) is 18.8 Å². The van der Waals surface area contributed by atoms with Crippen LogP contribution in [0.4, 0.5) is 5.69 Å². The van der Waals surface area contributed by atoms with Crippen LogP contribution in [0.1, 0.15) is 34.1 Å².